The standard InChI is InChI=1S/C12H16N2O3/c1-8(15)14-11(12(16)17-2)7-9-4-3-5-10(13)6-9/h3-6,11H,7,13H2,1-2H3,(H,14,15). The van der Waals surface area contributed by atoms with E-state index in [0.717, 1.165) is 5.56 Å². The molecule has 1 rings (SSSR count). The Kier molecular flexibility index (Phi) is 4.51. The second-order valence-electron chi connectivity index (χ2n) is 3.73. The number of methoxy groups -OCH3 is 1. The van der Waals surface area contributed by atoms with Crippen LogP contribution in [0.25, 0.3) is 0 Å². The van der Waals surface area contributed by atoms with Crippen molar-refractivity contribution in [3.63, 3.8) is 0 Å². The summed E-state index contributed by atoms with van der Waals surface area (Å²) in [5, 5.41) is 2.54. The first kappa shape index (κ1) is 13.0. The number of nitrogens with one attached hydrogen (secondary N) is 1. The number of carbonyl (C=O) groups is 2. The van der Waals surface area contributed by atoms with Gasteiger partial charge in [-0.15, -0.1) is 0 Å². The van der Waals surface area contributed by atoms with Crippen LogP contribution in [-0.2, 0) is 20.7 Å². The average molecular weight is 236 g/mol. The molecule has 92 valence electrons. The molecule has 5 nitrogen and oxygen atoms in total. The number of anilines is 1. The molecule has 0 aliphatic rings. The molecule has 1 aromatic rings. The van der Waals surface area contributed by atoms with Gasteiger partial charge in [-0.05, 0) is 17.7 Å². The predicted molar refractivity (Wildman–Crippen MR) is 64.2 cm³/mol. The van der Waals surface area contributed by atoms with Crippen LogP contribution in [0.4, 0.5) is 5.69 Å². The highest BCUT2D eigenvalue weighted by atomic mass is 16.5. The molecule has 0 aliphatic heterocycles. The van der Waals surface area contributed by atoms with E-state index >= 15 is 0 Å². The Morgan fingerprint density at radius 2 is 2.18 bits per heavy atom. The van der Waals surface area contributed by atoms with Crippen LogP contribution < -0.4 is 11.1 Å². The zero-order chi connectivity index (χ0) is 12.8. The molecule has 0 saturated heterocycles. The van der Waals surface area contributed by atoms with Crippen LogP contribution in [0.3, 0.4) is 0 Å². The highest BCUT2D eigenvalue weighted by molar-refractivity contribution is 5.83. The van der Waals surface area contributed by atoms with Gasteiger partial charge in [-0.2, -0.15) is 0 Å². The molecule has 1 aromatic carbocycles. The maximum absolute atomic E-state index is 11.5. The Morgan fingerprint density at radius 1 is 1.47 bits per heavy atom. The van der Waals surface area contributed by atoms with Crippen molar-refractivity contribution in [3.8, 4) is 0 Å². The molecular formula is C12H16N2O3. The lowest BCUT2D eigenvalue weighted by molar-refractivity contribution is -0.144. The van der Waals surface area contributed by atoms with Gasteiger partial charge in [0.2, 0.25) is 5.91 Å². The molecule has 17 heavy (non-hydrogen) atoms. The second-order valence-corrected chi connectivity index (χ2v) is 3.73. The molecule has 5 heteroatoms. The van der Waals surface area contributed by atoms with Gasteiger partial charge in [-0.1, -0.05) is 12.1 Å². The molecule has 0 aliphatic carbocycles. The Hall–Kier alpha value is -2.04. The molecule has 0 spiro atoms. The summed E-state index contributed by atoms with van der Waals surface area (Å²) in [7, 11) is 1.29. The highest BCUT2D eigenvalue weighted by Gasteiger charge is 2.20. The molecule has 0 radical (unpaired) electrons. The largest absolute Gasteiger partial charge is 0.467 e. The van der Waals surface area contributed by atoms with Crippen molar-refractivity contribution in [2.75, 3.05) is 12.8 Å². The SMILES string of the molecule is COC(=O)C(Cc1cccc(N)c1)NC(C)=O. The van der Waals surface area contributed by atoms with E-state index in [1.165, 1.54) is 14.0 Å². The minimum Gasteiger partial charge on any atom is -0.467 e. The summed E-state index contributed by atoms with van der Waals surface area (Å²) in [6, 6.07) is 6.48. The number of nitrogens with two attached hydrogens (primary N) is 1. The van der Waals surface area contributed by atoms with Gasteiger partial charge in [0.05, 0.1) is 7.11 Å². The zero-order valence-electron chi connectivity index (χ0n) is 9.90. The third-order valence-corrected chi connectivity index (χ3v) is 2.25. The van der Waals surface area contributed by atoms with Gasteiger partial charge in [-0.25, -0.2) is 4.79 Å². The van der Waals surface area contributed by atoms with Crippen LogP contribution in [0.15, 0.2) is 24.3 Å². The molecule has 1 atom stereocenters. The molecule has 0 heterocycles. The third kappa shape index (κ3) is 4.14. The summed E-state index contributed by atoms with van der Waals surface area (Å²) in [5.74, 6) is -0.744. The van der Waals surface area contributed by atoms with E-state index in [-0.39, 0.29) is 5.91 Å². The third-order valence-electron chi connectivity index (χ3n) is 2.25. The second kappa shape index (κ2) is 5.89. The Labute approximate surface area is 99.9 Å². The van der Waals surface area contributed by atoms with E-state index in [1.54, 1.807) is 18.2 Å². The molecule has 0 saturated carbocycles. The quantitative estimate of drug-likeness (QED) is 0.589. The van der Waals surface area contributed by atoms with Crippen molar-refractivity contribution in [2.45, 2.75) is 19.4 Å². The van der Waals surface area contributed by atoms with Crippen molar-refractivity contribution in [1.29, 1.82) is 0 Å². The minimum absolute atomic E-state index is 0.274. The first-order valence-corrected chi connectivity index (χ1v) is 5.22. The first-order chi connectivity index (χ1) is 8.02. The fourth-order valence-electron chi connectivity index (χ4n) is 1.54. The summed E-state index contributed by atoms with van der Waals surface area (Å²) >= 11 is 0. The van der Waals surface area contributed by atoms with Crippen molar-refractivity contribution in [2.24, 2.45) is 0 Å². The van der Waals surface area contributed by atoms with Crippen LogP contribution in [0.1, 0.15) is 12.5 Å². The van der Waals surface area contributed by atoms with E-state index in [4.69, 9.17) is 5.73 Å². The van der Waals surface area contributed by atoms with Crippen LogP contribution in [0, 0.1) is 0 Å². The summed E-state index contributed by atoms with van der Waals surface area (Å²) in [4.78, 5) is 22.5. The van der Waals surface area contributed by atoms with Crippen LogP contribution in [0.5, 0.6) is 0 Å². The average Bonchev–Trinajstić information content (AvgIpc) is 2.26. The number of carbonyl (C=O) groups excluding carboxylic acids is 2. The number of ether oxygens (including phenoxy) is 1. The van der Waals surface area contributed by atoms with Gasteiger partial charge in [0.1, 0.15) is 6.04 Å². The fourth-order valence-corrected chi connectivity index (χ4v) is 1.54. The first-order valence-electron chi connectivity index (χ1n) is 5.22. The van der Waals surface area contributed by atoms with E-state index < -0.39 is 12.0 Å². The Balaban J connectivity index is 2.78. The van der Waals surface area contributed by atoms with Gasteiger partial charge in [0.15, 0.2) is 0 Å². The summed E-state index contributed by atoms with van der Waals surface area (Å²) in [6.07, 6.45) is 0.358. The number of rotatable bonds is 4. The predicted octanol–water partition coefficient (Wildman–Crippen LogP) is 0.489. The number of hydrogen-bond donors (Lipinski definition) is 2. The van der Waals surface area contributed by atoms with Crippen molar-refractivity contribution >= 4 is 17.6 Å². The van der Waals surface area contributed by atoms with Gasteiger partial charge in [0.25, 0.3) is 0 Å². The Morgan fingerprint density at radius 3 is 2.71 bits per heavy atom. The topological polar surface area (TPSA) is 81.4 Å². The number of benzene rings is 1. The van der Waals surface area contributed by atoms with Crippen LogP contribution >= 0.6 is 0 Å². The number of amides is 1. The van der Waals surface area contributed by atoms with E-state index in [1.807, 2.05) is 6.07 Å². The lowest BCUT2D eigenvalue weighted by Gasteiger charge is -2.15. The lowest BCUT2D eigenvalue weighted by atomic mass is 10.1. The van der Waals surface area contributed by atoms with Crippen LogP contribution in [0.2, 0.25) is 0 Å². The molecule has 0 fully saturated rings. The minimum atomic E-state index is -0.681. The maximum Gasteiger partial charge on any atom is 0.328 e. The van der Waals surface area contributed by atoms with Gasteiger partial charge < -0.3 is 15.8 Å². The number of hydrogen-bond acceptors (Lipinski definition) is 4. The fraction of sp³-hybridized carbons (Fsp3) is 0.333. The zero-order valence-corrected chi connectivity index (χ0v) is 9.90. The summed E-state index contributed by atoms with van der Waals surface area (Å²) < 4.78 is 4.63. The summed E-state index contributed by atoms with van der Waals surface area (Å²) in [5.41, 5.74) is 7.13. The normalized spacial score (nSPS) is 11.6. The lowest BCUT2D eigenvalue weighted by Crippen LogP contribution is -2.41. The van der Waals surface area contributed by atoms with Gasteiger partial charge >= 0.3 is 5.97 Å². The van der Waals surface area contributed by atoms with E-state index in [9.17, 15) is 9.59 Å². The van der Waals surface area contributed by atoms with Crippen molar-refractivity contribution < 1.29 is 14.3 Å². The molecule has 1 unspecified atom stereocenters. The smallest absolute Gasteiger partial charge is 0.328 e. The van der Waals surface area contributed by atoms with E-state index in [2.05, 4.69) is 10.1 Å². The number of nitrogen functional groups attached to an aromatic ring is 1. The maximum atomic E-state index is 11.5. The molecule has 0 aromatic heterocycles. The molecular weight excluding hydrogens is 220 g/mol. The molecule has 0 bridgehead atoms. The van der Waals surface area contributed by atoms with Gasteiger partial charge in [-0.3, -0.25) is 4.79 Å². The van der Waals surface area contributed by atoms with Gasteiger partial charge in [0, 0.05) is 19.0 Å². The molecule has 1 amide bonds. The Bertz CT molecular complexity index is 418. The van der Waals surface area contributed by atoms with Crippen molar-refractivity contribution in [3.05, 3.63) is 29.8 Å². The molecule has 3 N–H and O–H groups in total. The van der Waals surface area contributed by atoms with Crippen LogP contribution in [-0.4, -0.2) is 25.0 Å². The summed E-state index contributed by atoms with van der Waals surface area (Å²) in [6.45, 7) is 1.36. The monoisotopic (exact) mass is 236 g/mol. The van der Waals surface area contributed by atoms with Crippen molar-refractivity contribution in [1.82, 2.24) is 5.32 Å². The number of esters is 1. The highest BCUT2D eigenvalue weighted by Crippen LogP contribution is 2.09. The van der Waals surface area contributed by atoms with E-state index in [0.29, 0.717) is 12.1 Å².